The molecule has 0 aliphatic carbocycles. The Bertz CT molecular complexity index is 604. The van der Waals surface area contributed by atoms with Crippen LogP contribution in [0.25, 0.3) is 0 Å². The highest BCUT2D eigenvalue weighted by atomic mass is 16.3. The van der Waals surface area contributed by atoms with Gasteiger partial charge in [0.05, 0.1) is 12.8 Å². The maximum atomic E-state index is 11.9. The molecule has 22 heavy (non-hydrogen) atoms. The van der Waals surface area contributed by atoms with E-state index in [4.69, 9.17) is 4.42 Å². The molecule has 0 unspecified atom stereocenters. The van der Waals surface area contributed by atoms with Crippen LogP contribution in [-0.2, 0) is 17.8 Å². The maximum absolute atomic E-state index is 11.9. The highest BCUT2D eigenvalue weighted by molar-refractivity contribution is 5.76. The van der Waals surface area contributed by atoms with Crippen molar-refractivity contribution < 1.29 is 9.21 Å². The van der Waals surface area contributed by atoms with E-state index in [9.17, 15) is 4.79 Å². The van der Waals surface area contributed by atoms with Crippen molar-refractivity contribution in [3.05, 3.63) is 48.0 Å². The van der Waals surface area contributed by atoms with Crippen molar-refractivity contribution in [1.29, 1.82) is 0 Å². The largest absolute Gasteiger partial charge is 0.467 e. The van der Waals surface area contributed by atoms with E-state index in [1.807, 2.05) is 24.4 Å². The fourth-order valence-corrected chi connectivity index (χ4v) is 2.68. The number of carbonyl (C=O) groups is 1. The van der Waals surface area contributed by atoms with Crippen LogP contribution in [0.3, 0.4) is 0 Å². The van der Waals surface area contributed by atoms with Gasteiger partial charge in [-0.15, -0.1) is 0 Å². The predicted molar refractivity (Wildman–Crippen MR) is 84.6 cm³/mol. The van der Waals surface area contributed by atoms with Crippen LogP contribution >= 0.6 is 0 Å². The van der Waals surface area contributed by atoms with Gasteiger partial charge >= 0.3 is 0 Å². The summed E-state index contributed by atoms with van der Waals surface area (Å²) in [4.78, 5) is 18.6. The van der Waals surface area contributed by atoms with E-state index in [2.05, 4.69) is 21.3 Å². The van der Waals surface area contributed by atoms with Gasteiger partial charge in [0.1, 0.15) is 11.6 Å². The molecule has 0 bridgehead atoms. The predicted octanol–water partition coefficient (Wildman–Crippen LogP) is 2.52. The number of anilines is 1. The molecule has 2 aromatic rings. The molecule has 1 aliphatic rings. The molecule has 1 fully saturated rings. The highest BCUT2D eigenvalue weighted by Crippen LogP contribution is 2.19. The number of hydrogen-bond donors (Lipinski definition) is 1. The molecule has 1 aliphatic heterocycles. The number of amides is 1. The molecule has 3 rings (SSSR count). The van der Waals surface area contributed by atoms with Crippen molar-refractivity contribution >= 4 is 11.7 Å². The van der Waals surface area contributed by atoms with Crippen molar-refractivity contribution in [3.63, 3.8) is 0 Å². The first-order valence-electron chi connectivity index (χ1n) is 7.80. The van der Waals surface area contributed by atoms with Crippen LogP contribution in [0, 0.1) is 0 Å². The molecule has 116 valence electrons. The minimum atomic E-state index is 0.0379. The zero-order valence-corrected chi connectivity index (χ0v) is 12.6. The van der Waals surface area contributed by atoms with Gasteiger partial charge in [-0.05, 0) is 49.1 Å². The van der Waals surface area contributed by atoms with Gasteiger partial charge in [0.2, 0.25) is 5.91 Å². The molecule has 0 aromatic carbocycles. The zero-order valence-electron chi connectivity index (χ0n) is 12.6. The summed E-state index contributed by atoms with van der Waals surface area (Å²) in [5.74, 6) is 1.84. The van der Waals surface area contributed by atoms with Gasteiger partial charge in [-0.3, -0.25) is 4.79 Å². The molecule has 3 heterocycles. The monoisotopic (exact) mass is 299 g/mol. The molecule has 0 saturated carbocycles. The third-order valence-corrected chi connectivity index (χ3v) is 3.92. The topological polar surface area (TPSA) is 58.4 Å². The van der Waals surface area contributed by atoms with Gasteiger partial charge in [0.15, 0.2) is 0 Å². The van der Waals surface area contributed by atoms with Gasteiger partial charge in [-0.1, -0.05) is 0 Å². The van der Waals surface area contributed by atoms with Gasteiger partial charge in [0.25, 0.3) is 0 Å². The van der Waals surface area contributed by atoms with Crippen molar-refractivity contribution in [1.82, 2.24) is 10.3 Å². The Morgan fingerprint density at radius 2 is 2.18 bits per heavy atom. The van der Waals surface area contributed by atoms with E-state index in [0.29, 0.717) is 13.0 Å². The molecule has 1 amide bonds. The van der Waals surface area contributed by atoms with Gasteiger partial charge in [0, 0.05) is 25.7 Å². The first-order valence-corrected chi connectivity index (χ1v) is 7.80. The molecule has 0 atom stereocenters. The van der Waals surface area contributed by atoms with Gasteiger partial charge < -0.3 is 14.6 Å². The van der Waals surface area contributed by atoms with E-state index in [0.717, 1.165) is 36.7 Å². The quantitative estimate of drug-likeness (QED) is 0.890. The van der Waals surface area contributed by atoms with E-state index in [-0.39, 0.29) is 5.91 Å². The number of hydrogen-bond acceptors (Lipinski definition) is 4. The first-order chi connectivity index (χ1) is 10.8. The average molecular weight is 299 g/mol. The second-order valence-electron chi connectivity index (χ2n) is 5.57. The van der Waals surface area contributed by atoms with Crippen molar-refractivity contribution in [3.8, 4) is 0 Å². The van der Waals surface area contributed by atoms with Crippen molar-refractivity contribution in [2.75, 3.05) is 18.0 Å². The van der Waals surface area contributed by atoms with E-state index in [1.54, 1.807) is 6.26 Å². The highest BCUT2D eigenvalue weighted by Gasteiger charge is 2.13. The summed E-state index contributed by atoms with van der Waals surface area (Å²) >= 11 is 0. The third-order valence-electron chi connectivity index (χ3n) is 3.92. The molecular weight excluding hydrogens is 278 g/mol. The maximum Gasteiger partial charge on any atom is 0.220 e. The van der Waals surface area contributed by atoms with E-state index < -0.39 is 0 Å². The van der Waals surface area contributed by atoms with Crippen LogP contribution in [0.4, 0.5) is 5.82 Å². The number of aromatic nitrogens is 1. The number of furan rings is 1. The summed E-state index contributed by atoms with van der Waals surface area (Å²) in [6.07, 6.45) is 7.13. The van der Waals surface area contributed by atoms with Gasteiger partial charge in [-0.25, -0.2) is 4.98 Å². The Morgan fingerprint density at radius 1 is 1.32 bits per heavy atom. The lowest BCUT2D eigenvalue weighted by atomic mass is 10.1. The number of carbonyl (C=O) groups excluding carboxylic acids is 1. The molecule has 2 aromatic heterocycles. The molecule has 1 saturated heterocycles. The summed E-state index contributed by atoms with van der Waals surface area (Å²) < 4.78 is 5.19. The summed E-state index contributed by atoms with van der Waals surface area (Å²) in [5, 5.41) is 2.87. The van der Waals surface area contributed by atoms with Crippen LogP contribution in [0.1, 0.15) is 30.6 Å². The van der Waals surface area contributed by atoms with Crippen LogP contribution in [0.5, 0.6) is 0 Å². The average Bonchev–Trinajstić information content (AvgIpc) is 3.24. The minimum absolute atomic E-state index is 0.0379. The number of pyridine rings is 1. The molecule has 0 spiro atoms. The Balaban J connectivity index is 1.48. The Hall–Kier alpha value is -2.30. The lowest BCUT2D eigenvalue weighted by Gasteiger charge is -2.16. The van der Waals surface area contributed by atoms with Crippen LogP contribution < -0.4 is 10.2 Å². The first kappa shape index (κ1) is 14.6. The Morgan fingerprint density at radius 3 is 2.95 bits per heavy atom. The fourth-order valence-electron chi connectivity index (χ4n) is 2.68. The van der Waals surface area contributed by atoms with Crippen LogP contribution in [-0.4, -0.2) is 24.0 Å². The van der Waals surface area contributed by atoms with Crippen LogP contribution in [0.15, 0.2) is 41.1 Å². The second kappa shape index (κ2) is 7.11. The van der Waals surface area contributed by atoms with E-state index in [1.165, 1.54) is 12.8 Å². The Labute approximate surface area is 130 Å². The fraction of sp³-hybridized carbons (Fsp3) is 0.412. The standard InChI is InChI=1S/C17H21N3O2/c21-17(19-13-15-4-3-11-22-15)6-5-14-7-8-18-16(12-14)20-9-1-2-10-20/h3-4,7-8,11-12H,1-2,5-6,9-10,13H2,(H,19,21). The SMILES string of the molecule is O=C(CCc1ccnc(N2CCCC2)c1)NCc1ccco1. The summed E-state index contributed by atoms with van der Waals surface area (Å²) in [6, 6.07) is 7.76. The minimum Gasteiger partial charge on any atom is -0.467 e. The number of nitrogens with one attached hydrogen (secondary N) is 1. The third kappa shape index (κ3) is 3.87. The Kier molecular flexibility index (Phi) is 4.73. The normalized spacial score (nSPS) is 14.3. The number of rotatable bonds is 6. The molecular formula is C17H21N3O2. The molecule has 0 radical (unpaired) electrons. The zero-order chi connectivity index (χ0) is 15.2. The lowest BCUT2D eigenvalue weighted by Crippen LogP contribution is -2.23. The number of aryl methyl sites for hydroxylation is 1. The van der Waals surface area contributed by atoms with Crippen molar-refractivity contribution in [2.24, 2.45) is 0 Å². The lowest BCUT2D eigenvalue weighted by molar-refractivity contribution is -0.121. The molecule has 5 nitrogen and oxygen atoms in total. The smallest absolute Gasteiger partial charge is 0.220 e. The van der Waals surface area contributed by atoms with Gasteiger partial charge in [-0.2, -0.15) is 0 Å². The van der Waals surface area contributed by atoms with E-state index >= 15 is 0 Å². The number of nitrogens with zero attached hydrogens (tertiary/aromatic N) is 2. The summed E-state index contributed by atoms with van der Waals surface area (Å²) in [6.45, 7) is 2.61. The van der Waals surface area contributed by atoms with Crippen molar-refractivity contribution in [2.45, 2.75) is 32.2 Å². The summed E-state index contributed by atoms with van der Waals surface area (Å²) in [5.41, 5.74) is 1.16. The van der Waals surface area contributed by atoms with Crippen LogP contribution in [0.2, 0.25) is 0 Å². The summed E-state index contributed by atoms with van der Waals surface area (Å²) in [7, 11) is 0. The second-order valence-corrected chi connectivity index (χ2v) is 5.57. The molecule has 1 N–H and O–H groups in total. The molecule has 5 heteroatoms.